The van der Waals surface area contributed by atoms with Crippen LogP contribution in [0.15, 0.2) is 12.3 Å². The van der Waals surface area contributed by atoms with Crippen molar-refractivity contribution < 1.29 is 13.6 Å². The molecule has 1 rings (SSSR count). The van der Waals surface area contributed by atoms with Gasteiger partial charge in [0.2, 0.25) is 6.43 Å². The van der Waals surface area contributed by atoms with Crippen LogP contribution in [0.2, 0.25) is 0 Å². The summed E-state index contributed by atoms with van der Waals surface area (Å²) in [6, 6.07) is 1.48. The minimum Gasteiger partial charge on any atom is -0.296 e. The zero-order valence-electron chi connectivity index (χ0n) is 6.28. The zero-order valence-corrected chi connectivity index (χ0v) is 6.28. The van der Waals surface area contributed by atoms with Crippen LogP contribution in [0.4, 0.5) is 8.78 Å². The molecule has 0 radical (unpaired) electrons. The molecule has 0 amide bonds. The molecule has 3 nitrogen and oxygen atoms in total. The van der Waals surface area contributed by atoms with E-state index < -0.39 is 6.43 Å². The Morgan fingerprint density at radius 1 is 1.67 bits per heavy atom. The molecular weight excluding hydrogens is 166 g/mol. The Kier molecular flexibility index (Phi) is 2.90. The van der Waals surface area contributed by atoms with Gasteiger partial charge in [0.1, 0.15) is 5.69 Å². The van der Waals surface area contributed by atoms with E-state index >= 15 is 0 Å². The van der Waals surface area contributed by atoms with Gasteiger partial charge in [-0.1, -0.05) is 0 Å². The maximum Gasteiger partial charge on any atom is 0.240 e. The second-order valence-electron chi connectivity index (χ2n) is 2.28. The number of aromatic nitrogens is 2. The minimum atomic E-state index is -2.35. The zero-order chi connectivity index (χ0) is 8.97. The molecule has 66 valence electrons. The van der Waals surface area contributed by atoms with E-state index in [4.69, 9.17) is 0 Å². The van der Waals surface area contributed by atoms with Crippen molar-refractivity contribution >= 4 is 6.29 Å². The van der Waals surface area contributed by atoms with Gasteiger partial charge in [-0.15, -0.1) is 0 Å². The SMILES string of the molecule is O=Cc1ccnn1CCC(F)F. The minimum absolute atomic E-state index is 0.0821. The van der Waals surface area contributed by atoms with E-state index in [0.717, 1.165) is 0 Å². The Labute approximate surface area is 68.0 Å². The van der Waals surface area contributed by atoms with Gasteiger partial charge >= 0.3 is 0 Å². The van der Waals surface area contributed by atoms with E-state index in [9.17, 15) is 13.6 Å². The average molecular weight is 174 g/mol. The molecule has 0 spiro atoms. The highest BCUT2D eigenvalue weighted by Crippen LogP contribution is 2.03. The first-order valence-corrected chi connectivity index (χ1v) is 3.49. The summed E-state index contributed by atoms with van der Waals surface area (Å²) in [6.45, 7) is 0.0821. The molecule has 0 unspecified atom stereocenters. The number of halogens is 2. The first kappa shape index (κ1) is 8.83. The van der Waals surface area contributed by atoms with Gasteiger partial charge in [0.05, 0.1) is 0 Å². The molecule has 0 bridgehead atoms. The van der Waals surface area contributed by atoms with Crippen molar-refractivity contribution in [3.8, 4) is 0 Å². The second-order valence-corrected chi connectivity index (χ2v) is 2.28. The standard InChI is InChI=1S/C7H8F2N2O/c8-7(9)2-4-11-6(5-12)1-3-10-11/h1,3,5,7H,2,4H2. The van der Waals surface area contributed by atoms with Gasteiger partial charge in [0.15, 0.2) is 6.29 Å². The van der Waals surface area contributed by atoms with Gasteiger partial charge < -0.3 is 0 Å². The molecule has 0 aliphatic heterocycles. The third-order valence-electron chi connectivity index (χ3n) is 1.43. The third kappa shape index (κ3) is 2.11. The Balaban J connectivity index is 2.56. The summed E-state index contributed by atoms with van der Waals surface area (Å²) in [5, 5.41) is 3.71. The highest BCUT2D eigenvalue weighted by molar-refractivity contribution is 5.71. The molecule has 5 heteroatoms. The fourth-order valence-corrected chi connectivity index (χ4v) is 0.850. The molecule has 0 N–H and O–H groups in total. The van der Waals surface area contributed by atoms with Crippen LogP contribution in [0.1, 0.15) is 16.9 Å². The van der Waals surface area contributed by atoms with Crippen LogP contribution in [0.3, 0.4) is 0 Å². The summed E-state index contributed by atoms with van der Waals surface area (Å²) in [6.07, 6.45) is -0.621. The van der Waals surface area contributed by atoms with Gasteiger partial charge in [-0.25, -0.2) is 8.78 Å². The lowest BCUT2D eigenvalue weighted by atomic mass is 10.4. The summed E-state index contributed by atoms with van der Waals surface area (Å²) in [5.41, 5.74) is 0.329. The highest BCUT2D eigenvalue weighted by atomic mass is 19.3. The monoisotopic (exact) mass is 174 g/mol. The van der Waals surface area contributed by atoms with E-state index in [2.05, 4.69) is 5.10 Å². The van der Waals surface area contributed by atoms with Crippen molar-refractivity contribution in [2.75, 3.05) is 0 Å². The van der Waals surface area contributed by atoms with Gasteiger partial charge in [-0.3, -0.25) is 9.48 Å². The van der Waals surface area contributed by atoms with Crippen molar-refractivity contribution in [1.29, 1.82) is 0 Å². The van der Waals surface area contributed by atoms with Gasteiger partial charge in [0, 0.05) is 19.2 Å². The summed E-state index contributed by atoms with van der Waals surface area (Å²) < 4.78 is 24.7. The van der Waals surface area contributed by atoms with Crippen molar-refractivity contribution in [3.05, 3.63) is 18.0 Å². The summed E-state index contributed by atoms with van der Waals surface area (Å²) in [7, 11) is 0. The largest absolute Gasteiger partial charge is 0.296 e. The van der Waals surface area contributed by atoms with E-state index in [1.54, 1.807) is 0 Å². The molecule has 1 heterocycles. The molecule has 0 saturated heterocycles. The van der Waals surface area contributed by atoms with E-state index in [0.29, 0.717) is 12.0 Å². The molecule has 0 aliphatic carbocycles. The summed E-state index contributed by atoms with van der Waals surface area (Å²) in [4.78, 5) is 10.3. The Morgan fingerprint density at radius 3 is 3.00 bits per heavy atom. The second kappa shape index (κ2) is 3.94. The van der Waals surface area contributed by atoms with Crippen LogP contribution in [-0.4, -0.2) is 22.5 Å². The highest BCUT2D eigenvalue weighted by Gasteiger charge is 2.05. The number of hydrogen-bond acceptors (Lipinski definition) is 2. The first-order chi connectivity index (χ1) is 5.74. The van der Waals surface area contributed by atoms with Crippen LogP contribution < -0.4 is 0 Å². The predicted octanol–water partition coefficient (Wildman–Crippen LogP) is 1.35. The summed E-state index contributed by atoms with van der Waals surface area (Å²) >= 11 is 0. The molecule has 0 aromatic carbocycles. The lowest BCUT2D eigenvalue weighted by Crippen LogP contribution is -2.07. The Morgan fingerprint density at radius 2 is 2.42 bits per heavy atom. The number of alkyl halides is 2. The van der Waals surface area contributed by atoms with Crippen molar-refractivity contribution in [3.63, 3.8) is 0 Å². The number of aryl methyl sites for hydroxylation is 1. The number of carbonyl (C=O) groups excluding carboxylic acids is 1. The van der Waals surface area contributed by atoms with Crippen molar-refractivity contribution in [2.45, 2.75) is 19.4 Å². The van der Waals surface area contributed by atoms with Crippen LogP contribution in [0.25, 0.3) is 0 Å². The fourth-order valence-electron chi connectivity index (χ4n) is 0.850. The number of nitrogens with zero attached hydrogens (tertiary/aromatic N) is 2. The van der Waals surface area contributed by atoms with E-state index in [1.165, 1.54) is 16.9 Å². The molecular formula is C7H8F2N2O. The number of aldehydes is 1. The van der Waals surface area contributed by atoms with Crippen molar-refractivity contribution in [2.24, 2.45) is 0 Å². The normalized spacial score (nSPS) is 10.6. The average Bonchev–Trinajstić information content (AvgIpc) is 2.47. The molecule has 0 fully saturated rings. The van der Waals surface area contributed by atoms with Crippen LogP contribution in [0, 0.1) is 0 Å². The fraction of sp³-hybridized carbons (Fsp3) is 0.429. The molecule has 12 heavy (non-hydrogen) atoms. The van der Waals surface area contributed by atoms with Gasteiger partial charge in [0.25, 0.3) is 0 Å². The van der Waals surface area contributed by atoms with E-state index in [-0.39, 0.29) is 13.0 Å². The van der Waals surface area contributed by atoms with Crippen LogP contribution >= 0.6 is 0 Å². The van der Waals surface area contributed by atoms with E-state index in [1.807, 2.05) is 0 Å². The van der Waals surface area contributed by atoms with Crippen LogP contribution in [0.5, 0.6) is 0 Å². The smallest absolute Gasteiger partial charge is 0.240 e. The van der Waals surface area contributed by atoms with Gasteiger partial charge in [-0.2, -0.15) is 5.10 Å². The Bertz CT molecular complexity index is 260. The maximum absolute atomic E-state index is 11.7. The molecule has 0 saturated carbocycles. The quantitative estimate of drug-likeness (QED) is 0.646. The molecule has 1 aromatic heterocycles. The maximum atomic E-state index is 11.7. The Hall–Kier alpha value is -1.26. The molecule has 1 aromatic rings. The van der Waals surface area contributed by atoms with Crippen LogP contribution in [-0.2, 0) is 6.54 Å². The lowest BCUT2D eigenvalue weighted by Gasteiger charge is -2.01. The van der Waals surface area contributed by atoms with Gasteiger partial charge in [-0.05, 0) is 6.07 Å². The lowest BCUT2D eigenvalue weighted by molar-refractivity contribution is 0.110. The van der Waals surface area contributed by atoms with Crippen molar-refractivity contribution in [1.82, 2.24) is 9.78 Å². The molecule has 0 atom stereocenters. The predicted molar refractivity (Wildman–Crippen MR) is 38.2 cm³/mol. The number of carbonyl (C=O) groups is 1. The third-order valence-corrected chi connectivity index (χ3v) is 1.43. The number of rotatable bonds is 4. The molecule has 0 aliphatic rings. The topological polar surface area (TPSA) is 34.9 Å². The summed E-state index contributed by atoms with van der Waals surface area (Å²) in [5.74, 6) is 0. The first-order valence-electron chi connectivity index (χ1n) is 3.49. The number of hydrogen-bond donors (Lipinski definition) is 0.